The molecule has 0 aliphatic carbocycles. The topological polar surface area (TPSA) is 213 Å². The fraction of sp³-hybridized carbons (Fsp3) is 0.474. The third kappa shape index (κ3) is 14.8. The van der Waals surface area contributed by atoms with Crippen LogP contribution in [0.4, 0.5) is 0 Å². The highest BCUT2D eigenvalue weighted by Crippen LogP contribution is 2.50. The molecule has 390 valence electrons. The molecule has 0 spiro atoms. The van der Waals surface area contributed by atoms with Crippen LogP contribution in [-0.2, 0) is 46.9 Å². The molecule has 0 fully saturated rings. The maximum Gasteiger partial charge on any atom is 0.277 e. The Balaban J connectivity index is 1.95. The first-order chi connectivity index (χ1) is 32.8. The van der Waals surface area contributed by atoms with Gasteiger partial charge in [-0.05, 0) is 62.3 Å². The predicted molar refractivity (Wildman–Crippen MR) is 287 cm³/mol. The number of benzene rings is 4. The quantitative estimate of drug-likeness (QED) is 0.0555. The Bertz CT molecular complexity index is 2620. The molecule has 0 radical (unpaired) electrons. The Kier molecular flexibility index (Phi) is 17.2. The first-order valence-electron chi connectivity index (χ1n) is 24.0. The summed E-state index contributed by atoms with van der Waals surface area (Å²) in [6, 6.07) is 11.9. The highest BCUT2D eigenvalue weighted by Gasteiger charge is 2.34. The summed E-state index contributed by atoms with van der Waals surface area (Å²) in [5.74, 6) is -0.206. The summed E-state index contributed by atoms with van der Waals surface area (Å²) < 4.78 is 19.8. The normalized spacial score (nSPS) is 12.9. The van der Waals surface area contributed by atoms with Crippen molar-refractivity contribution in [2.24, 2.45) is 15.3 Å². The lowest BCUT2D eigenvalue weighted by Crippen LogP contribution is -2.24. The molecule has 4 rings (SSSR count). The molecule has 15 heteroatoms. The van der Waals surface area contributed by atoms with Gasteiger partial charge in [-0.15, -0.1) is 0 Å². The summed E-state index contributed by atoms with van der Waals surface area (Å²) in [6.45, 7) is 37.7. The van der Waals surface area contributed by atoms with Gasteiger partial charge in [0.05, 0.1) is 18.6 Å². The average Bonchev–Trinajstić information content (AvgIpc) is 3.19. The summed E-state index contributed by atoms with van der Waals surface area (Å²) in [7, 11) is 0. The van der Waals surface area contributed by atoms with Gasteiger partial charge in [0.15, 0.2) is 6.61 Å². The van der Waals surface area contributed by atoms with Crippen molar-refractivity contribution in [3.63, 3.8) is 0 Å². The number of ether oxygens (including phenoxy) is 3. The summed E-state index contributed by atoms with van der Waals surface area (Å²) in [5, 5.41) is 47.9. The molecule has 0 heterocycles. The number of hydrazone groups is 3. The second kappa shape index (κ2) is 21.4. The number of aromatic hydroxyl groups is 3. The Morgan fingerprint density at radius 2 is 0.792 bits per heavy atom. The van der Waals surface area contributed by atoms with Crippen LogP contribution in [-0.4, -0.2) is 58.3 Å². The molecular formula is C57H78N6O9. The van der Waals surface area contributed by atoms with Crippen LogP contribution in [0.5, 0.6) is 46.0 Å². The standard InChI is InChI=1S/C57H78N6O9/c1-32(64)61-59-29-35-23-42(54(9,10)11)48(68)45(56(15,16)17)50(35)71-38-25-37(70-31-44(66)63-58-28-34-21-40(52(3,4)5)47(67)41(22-34)53(6,7)8)26-39(27-38)72-51-36(30-60-62-33(2)65)24-43(55(12,13)14)49(69)46(51)57(18,19)20/h21-30,67-69H,31H2,1-20H3,(H,61,64)(H,62,65)(H,63,66). The zero-order valence-corrected chi connectivity index (χ0v) is 46.1. The number of nitrogens with one attached hydrogen (secondary N) is 3. The minimum atomic E-state index is -0.706. The van der Waals surface area contributed by atoms with E-state index in [0.717, 1.165) is 11.1 Å². The van der Waals surface area contributed by atoms with E-state index in [1.54, 1.807) is 30.3 Å². The van der Waals surface area contributed by atoms with E-state index in [0.29, 0.717) is 38.9 Å². The van der Waals surface area contributed by atoms with Gasteiger partial charge in [-0.25, -0.2) is 16.3 Å². The van der Waals surface area contributed by atoms with Crippen LogP contribution in [0.15, 0.2) is 57.8 Å². The van der Waals surface area contributed by atoms with Crippen LogP contribution in [0, 0.1) is 0 Å². The number of nitrogens with zero attached hydrogens (tertiary/aromatic N) is 3. The number of hydrogen-bond acceptors (Lipinski definition) is 12. The zero-order chi connectivity index (χ0) is 54.7. The minimum absolute atomic E-state index is 0.0201. The van der Waals surface area contributed by atoms with Gasteiger partial charge in [-0.1, -0.05) is 125 Å². The van der Waals surface area contributed by atoms with Crippen LogP contribution in [0.2, 0.25) is 0 Å². The number of phenolic OH excluding ortho intramolecular Hbond substituents is 3. The molecule has 3 amide bonds. The molecule has 6 N–H and O–H groups in total. The summed E-state index contributed by atoms with van der Waals surface area (Å²) in [5.41, 5.74) is 9.46. The number of carbonyl (C=O) groups excluding carboxylic acids is 3. The number of carbonyl (C=O) groups is 3. The second-order valence-corrected chi connectivity index (χ2v) is 24.4. The Labute approximate surface area is 426 Å². The third-order valence-corrected chi connectivity index (χ3v) is 11.3. The van der Waals surface area contributed by atoms with Crippen molar-refractivity contribution >= 4 is 36.4 Å². The van der Waals surface area contributed by atoms with E-state index in [9.17, 15) is 29.7 Å². The predicted octanol–water partition coefficient (Wildman–Crippen LogP) is 11.6. The van der Waals surface area contributed by atoms with Crippen molar-refractivity contribution in [1.82, 2.24) is 16.3 Å². The van der Waals surface area contributed by atoms with Gasteiger partial charge < -0.3 is 29.5 Å². The molecule has 4 aromatic carbocycles. The molecule has 0 saturated carbocycles. The summed E-state index contributed by atoms with van der Waals surface area (Å²) in [4.78, 5) is 37.4. The van der Waals surface area contributed by atoms with Gasteiger partial charge in [0.1, 0.15) is 46.0 Å². The lowest BCUT2D eigenvalue weighted by atomic mass is 9.77. The van der Waals surface area contributed by atoms with Crippen molar-refractivity contribution < 1.29 is 43.9 Å². The number of amides is 3. The Hall–Kier alpha value is -6.90. The number of rotatable bonds is 13. The molecule has 72 heavy (non-hydrogen) atoms. The minimum Gasteiger partial charge on any atom is -0.507 e. The molecule has 4 aromatic rings. The Morgan fingerprint density at radius 3 is 1.12 bits per heavy atom. The van der Waals surface area contributed by atoms with Crippen molar-refractivity contribution in [3.05, 3.63) is 92.5 Å². The van der Waals surface area contributed by atoms with Crippen molar-refractivity contribution in [1.29, 1.82) is 0 Å². The molecule has 15 nitrogen and oxygen atoms in total. The summed E-state index contributed by atoms with van der Waals surface area (Å²) >= 11 is 0. The monoisotopic (exact) mass is 991 g/mol. The van der Waals surface area contributed by atoms with E-state index < -0.39 is 34.2 Å². The molecule has 0 aromatic heterocycles. The van der Waals surface area contributed by atoms with Crippen molar-refractivity contribution in [2.45, 2.75) is 171 Å². The van der Waals surface area contributed by atoms with Gasteiger partial charge in [0.25, 0.3) is 5.91 Å². The molecule has 0 bridgehead atoms. The Morgan fingerprint density at radius 1 is 0.458 bits per heavy atom. The van der Waals surface area contributed by atoms with E-state index in [1.807, 2.05) is 137 Å². The fourth-order valence-corrected chi connectivity index (χ4v) is 7.90. The van der Waals surface area contributed by atoms with Gasteiger partial charge in [-0.3, -0.25) is 14.4 Å². The molecule has 0 aliphatic heterocycles. The molecular weight excluding hydrogens is 913 g/mol. The van der Waals surface area contributed by atoms with E-state index in [2.05, 4.69) is 31.6 Å². The van der Waals surface area contributed by atoms with Crippen LogP contribution in [0.3, 0.4) is 0 Å². The maximum absolute atomic E-state index is 13.5. The average molecular weight is 991 g/mol. The first-order valence-corrected chi connectivity index (χ1v) is 24.0. The van der Waals surface area contributed by atoms with Gasteiger partial charge in [0, 0.05) is 76.6 Å². The molecule has 0 saturated heterocycles. The van der Waals surface area contributed by atoms with Crippen LogP contribution in [0.1, 0.15) is 189 Å². The van der Waals surface area contributed by atoms with E-state index >= 15 is 0 Å². The largest absolute Gasteiger partial charge is 0.507 e. The third-order valence-electron chi connectivity index (χ3n) is 11.3. The van der Waals surface area contributed by atoms with E-state index in [-0.39, 0.29) is 68.6 Å². The van der Waals surface area contributed by atoms with E-state index in [4.69, 9.17) is 14.2 Å². The second-order valence-electron chi connectivity index (χ2n) is 24.4. The van der Waals surface area contributed by atoms with Gasteiger partial charge >= 0.3 is 0 Å². The zero-order valence-electron chi connectivity index (χ0n) is 46.1. The van der Waals surface area contributed by atoms with Gasteiger partial charge in [0.2, 0.25) is 11.8 Å². The lowest BCUT2D eigenvalue weighted by Gasteiger charge is -2.31. The number of hydrogen-bond donors (Lipinski definition) is 6. The lowest BCUT2D eigenvalue weighted by molar-refractivity contribution is -0.123. The molecule has 0 aliphatic rings. The van der Waals surface area contributed by atoms with Crippen LogP contribution in [0.25, 0.3) is 0 Å². The molecule has 0 unspecified atom stereocenters. The van der Waals surface area contributed by atoms with Crippen LogP contribution < -0.4 is 30.5 Å². The fourth-order valence-electron chi connectivity index (χ4n) is 7.90. The SMILES string of the molecule is CC(=O)NN=Cc1cc(C(C)(C)C)c(O)c(C(C)(C)C)c1Oc1cc(OCC(=O)NN=Cc2cc(C(C)(C)C)c(O)c(C(C)(C)C)c2)cc(Oc2c(C=NNC(C)=O)cc(C(C)(C)C)c(O)c2C(C)(C)C)c1. The summed E-state index contributed by atoms with van der Waals surface area (Å²) in [6.07, 6.45) is 4.42. The highest BCUT2D eigenvalue weighted by molar-refractivity contribution is 5.89. The van der Waals surface area contributed by atoms with Gasteiger partial charge in [-0.2, -0.15) is 15.3 Å². The molecule has 0 atom stereocenters. The van der Waals surface area contributed by atoms with Crippen molar-refractivity contribution in [3.8, 4) is 46.0 Å². The highest BCUT2D eigenvalue weighted by atomic mass is 16.5. The van der Waals surface area contributed by atoms with Crippen LogP contribution >= 0.6 is 0 Å². The van der Waals surface area contributed by atoms with Crippen molar-refractivity contribution in [2.75, 3.05) is 6.61 Å². The number of phenols is 3. The first kappa shape index (κ1) is 57.7. The smallest absolute Gasteiger partial charge is 0.277 e. The maximum atomic E-state index is 13.5. The van der Waals surface area contributed by atoms with E-state index in [1.165, 1.54) is 32.5 Å².